The maximum Gasteiger partial charge on any atom is 0.242 e. The molecule has 4 nitrogen and oxygen atoms in total. The number of carbonyl (C=O) groups is 1. The minimum absolute atomic E-state index is 0.0537. The number of aliphatic hydroxyl groups excluding tert-OH is 1. The molecule has 0 aromatic heterocycles. The lowest BCUT2D eigenvalue weighted by molar-refractivity contribution is -0.122. The Kier molecular flexibility index (Phi) is 5.01. The van der Waals surface area contributed by atoms with Gasteiger partial charge in [-0.3, -0.25) is 4.79 Å². The molecule has 1 aromatic carbocycles. The highest BCUT2D eigenvalue weighted by atomic mass is 16.3. The number of aliphatic hydroxyl groups is 1. The number of carbonyl (C=O) groups excluding carboxylic acids is 1. The Morgan fingerprint density at radius 2 is 2.25 bits per heavy atom. The van der Waals surface area contributed by atoms with Crippen LogP contribution in [0, 0.1) is 0 Å². The lowest BCUT2D eigenvalue weighted by atomic mass is 10.0. The van der Waals surface area contributed by atoms with Crippen molar-refractivity contribution in [2.24, 2.45) is 0 Å². The van der Waals surface area contributed by atoms with Gasteiger partial charge in [-0.15, -0.1) is 0 Å². The molecule has 1 aliphatic heterocycles. The number of para-hydroxylation sites is 1. The average Bonchev–Trinajstić information content (AvgIpc) is 2.64. The summed E-state index contributed by atoms with van der Waals surface area (Å²) in [7, 11) is 0. The maximum absolute atomic E-state index is 12.2. The first kappa shape index (κ1) is 14.9. The van der Waals surface area contributed by atoms with Crippen molar-refractivity contribution in [2.45, 2.75) is 45.3 Å². The van der Waals surface area contributed by atoms with Crippen molar-refractivity contribution >= 4 is 11.6 Å². The predicted molar refractivity (Wildman–Crippen MR) is 80.7 cm³/mol. The zero-order valence-corrected chi connectivity index (χ0v) is 12.3. The van der Waals surface area contributed by atoms with Crippen molar-refractivity contribution in [2.75, 3.05) is 18.0 Å². The minimum Gasteiger partial charge on any atom is -0.388 e. The largest absolute Gasteiger partial charge is 0.388 e. The quantitative estimate of drug-likeness (QED) is 0.886. The third-order valence-corrected chi connectivity index (χ3v) is 3.88. The Morgan fingerprint density at radius 1 is 1.50 bits per heavy atom. The van der Waals surface area contributed by atoms with E-state index in [0.29, 0.717) is 6.54 Å². The van der Waals surface area contributed by atoms with E-state index in [4.69, 9.17) is 0 Å². The zero-order chi connectivity index (χ0) is 14.5. The lowest BCUT2D eigenvalue weighted by Crippen LogP contribution is -2.46. The van der Waals surface area contributed by atoms with E-state index in [1.54, 1.807) is 0 Å². The molecule has 0 saturated carbocycles. The SMILES string of the molecule is CCCNC(=O)C(C)N1CCCC(O)c2ccccc21. The second-order valence-corrected chi connectivity index (χ2v) is 5.38. The molecule has 1 amide bonds. The Balaban J connectivity index is 2.22. The highest BCUT2D eigenvalue weighted by molar-refractivity contribution is 5.85. The molecule has 0 spiro atoms. The molecule has 2 atom stereocenters. The van der Waals surface area contributed by atoms with E-state index in [9.17, 15) is 9.90 Å². The van der Waals surface area contributed by atoms with Crippen molar-refractivity contribution in [3.05, 3.63) is 29.8 Å². The van der Waals surface area contributed by atoms with E-state index >= 15 is 0 Å². The molecular weight excluding hydrogens is 252 g/mol. The van der Waals surface area contributed by atoms with E-state index in [1.807, 2.05) is 38.1 Å². The van der Waals surface area contributed by atoms with Gasteiger partial charge in [-0.1, -0.05) is 25.1 Å². The van der Waals surface area contributed by atoms with Crippen LogP contribution in [0.1, 0.15) is 44.8 Å². The van der Waals surface area contributed by atoms with Crippen LogP contribution in [0.3, 0.4) is 0 Å². The summed E-state index contributed by atoms with van der Waals surface area (Å²) in [5.74, 6) is 0.0537. The van der Waals surface area contributed by atoms with E-state index in [-0.39, 0.29) is 11.9 Å². The van der Waals surface area contributed by atoms with Gasteiger partial charge in [0, 0.05) is 24.3 Å². The van der Waals surface area contributed by atoms with Crippen molar-refractivity contribution < 1.29 is 9.90 Å². The Hall–Kier alpha value is -1.55. The smallest absolute Gasteiger partial charge is 0.242 e. The molecule has 1 aromatic rings. The molecule has 20 heavy (non-hydrogen) atoms. The summed E-state index contributed by atoms with van der Waals surface area (Å²) >= 11 is 0. The van der Waals surface area contributed by atoms with Crippen molar-refractivity contribution in [1.29, 1.82) is 0 Å². The van der Waals surface area contributed by atoms with Crippen LogP contribution in [0.4, 0.5) is 5.69 Å². The predicted octanol–water partition coefficient (Wildman–Crippen LogP) is 2.23. The summed E-state index contributed by atoms with van der Waals surface area (Å²) in [6, 6.07) is 7.63. The van der Waals surface area contributed by atoms with E-state index in [1.165, 1.54) is 0 Å². The van der Waals surface area contributed by atoms with Gasteiger partial charge in [0.05, 0.1) is 6.10 Å². The van der Waals surface area contributed by atoms with Gasteiger partial charge in [0.2, 0.25) is 5.91 Å². The van der Waals surface area contributed by atoms with Crippen LogP contribution in [-0.2, 0) is 4.79 Å². The van der Waals surface area contributed by atoms with E-state index < -0.39 is 6.10 Å². The van der Waals surface area contributed by atoms with Gasteiger partial charge in [0.25, 0.3) is 0 Å². The average molecular weight is 276 g/mol. The number of nitrogens with zero attached hydrogens (tertiary/aromatic N) is 1. The van der Waals surface area contributed by atoms with Crippen LogP contribution in [0.2, 0.25) is 0 Å². The molecule has 2 unspecified atom stereocenters. The van der Waals surface area contributed by atoms with E-state index in [0.717, 1.165) is 37.1 Å². The van der Waals surface area contributed by atoms with Crippen molar-refractivity contribution in [3.8, 4) is 0 Å². The zero-order valence-electron chi connectivity index (χ0n) is 12.3. The number of nitrogens with one attached hydrogen (secondary N) is 1. The summed E-state index contributed by atoms with van der Waals surface area (Å²) < 4.78 is 0. The number of fused-ring (bicyclic) bond motifs is 1. The van der Waals surface area contributed by atoms with Gasteiger partial charge >= 0.3 is 0 Å². The molecule has 110 valence electrons. The van der Waals surface area contributed by atoms with Crippen LogP contribution >= 0.6 is 0 Å². The fraction of sp³-hybridized carbons (Fsp3) is 0.562. The Labute approximate surface area is 120 Å². The molecule has 0 saturated heterocycles. The number of hydrogen-bond acceptors (Lipinski definition) is 3. The highest BCUT2D eigenvalue weighted by Gasteiger charge is 2.27. The third kappa shape index (κ3) is 3.12. The van der Waals surface area contributed by atoms with Crippen LogP contribution in [0.15, 0.2) is 24.3 Å². The van der Waals surface area contributed by atoms with Crippen LogP contribution < -0.4 is 10.2 Å². The maximum atomic E-state index is 12.2. The second kappa shape index (κ2) is 6.75. The van der Waals surface area contributed by atoms with Gasteiger partial charge in [0.1, 0.15) is 6.04 Å². The van der Waals surface area contributed by atoms with Gasteiger partial charge in [-0.05, 0) is 32.3 Å². The third-order valence-electron chi connectivity index (χ3n) is 3.88. The molecular formula is C16H24N2O2. The van der Waals surface area contributed by atoms with Crippen LogP contribution in [0.5, 0.6) is 0 Å². The number of anilines is 1. The van der Waals surface area contributed by atoms with Crippen molar-refractivity contribution in [1.82, 2.24) is 5.32 Å². The Bertz CT molecular complexity index is 462. The standard InChI is InChI=1S/C16H24N2O2/c1-3-10-17-16(20)12(2)18-11-6-9-15(19)13-7-4-5-8-14(13)18/h4-5,7-8,12,15,19H,3,6,9-11H2,1-2H3,(H,17,20). The normalized spacial score (nSPS) is 19.9. The molecule has 0 fully saturated rings. The van der Waals surface area contributed by atoms with Gasteiger partial charge in [-0.25, -0.2) is 0 Å². The summed E-state index contributed by atoms with van der Waals surface area (Å²) in [5, 5.41) is 13.1. The van der Waals surface area contributed by atoms with Gasteiger partial charge in [-0.2, -0.15) is 0 Å². The fourth-order valence-electron chi connectivity index (χ4n) is 2.70. The minimum atomic E-state index is -0.429. The van der Waals surface area contributed by atoms with Crippen LogP contribution in [-0.4, -0.2) is 30.1 Å². The van der Waals surface area contributed by atoms with Crippen LogP contribution in [0.25, 0.3) is 0 Å². The second-order valence-electron chi connectivity index (χ2n) is 5.38. The lowest BCUT2D eigenvalue weighted by Gasteiger charge is -2.30. The first-order chi connectivity index (χ1) is 9.65. The van der Waals surface area contributed by atoms with Crippen molar-refractivity contribution in [3.63, 3.8) is 0 Å². The summed E-state index contributed by atoms with van der Waals surface area (Å²) in [5.41, 5.74) is 1.91. The summed E-state index contributed by atoms with van der Waals surface area (Å²) in [6.45, 7) is 5.48. The van der Waals surface area contributed by atoms with E-state index in [2.05, 4.69) is 10.2 Å². The molecule has 0 bridgehead atoms. The molecule has 0 radical (unpaired) electrons. The number of benzene rings is 1. The fourth-order valence-corrected chi connectivity index (χ4v) is 2.70. The first-order valence-electron chi connectivity index (χ1n) is 7.46. The molecule has 2 rings (SSSR count). The monoisotopic (exact) mass is 276 g/mol. The number of hydrogen-bond donors (Lipinski definition) is 2. The molecule has 1 heterocycles. The Morgan fingerprint density at radius 3 is 3.00 bits per heavy atom. The summed E-state index contributed by atoms with van der Waals surface area (Å²) in [6.07, 6.45) is 2.15. The van der Waals surface area contributed by atoms with Gasteiger partial charge in [0.15, 0.2) is 0 Å². The highest BCUT2D eigenvalue weighted by Crippen LogP contribution is 2.33. The number of amides is 1. The molecule has 2 N–H and O–H groups in total. The number of rotatable bonds is 4. The first-order valence-corrected chi connectivity index (χ1v) is 7.46. The molecule has 0 aliphatic carbocycles. The summed E-state index contributed by atoms with van der Waals surface area (Å²) in [4.78, 5) is 14.3. The van der Waals surface area contributed by atoms with Gasteiger partial charge < -0.3 is 15.3 Å². The topological polar surface area (TPSA) is 52.6 Å². The molecule has 4 heteroatoms. The molecule has 1 aliphatic rings.